The van der Waals surface area contributed by atoms with Crippen LogP contribution in [0.15, 0.2) is 42.0 Å². The summed E-state index contributed by atoms with van der Waals surface area (Å²) >= 11 is 0. The Morgan fingerprint density at radius 3 is 2.53 bits per heavy atom. The lowest BCUT2D eigenvalue weighted by Gasteiger charge is -2.57. The molecule has 0 bridgehead atoms. The van der Waals surface area contributed by atoms with E-state index in [9.17, 15) is 4.79 Å². The molecule has 6 atom stereocenters. The molecule has 0 amide bonds. The van der Waals surface area contributed by atoms with Crippen molar-refractivity contribution < 1.29 is 9.53 Å². The van der Waals surface area contributed by atoms with Crippen LogP contribution in [0.1, 0.15) is 76.2 Å². The van der Waals surface area contributed by atoms with Crippen molar-refractivity contribution in [3.8, 4) is 11.4 Å². The highest BCUT2D eigenvalue weighted by Crippen LogP contribution is 2.64. The van der Waals surface area contributed by atoms with Crippen molar-refractivity contribution in [3.63, 3.8) is 0 Å². The third-order valence-electron chi connectivity index (χ3n) is 9.96. The Kier molecular flexibility index (Phi) is 5.02. The average molecular weight is 457 g/mol. The van der Waals surface area contributed by atoms with Crippen molar-refractivity contribution >= 4 is 5.97 Å². The van der Waals surface area contributed by atoms with Crippen LogP contribution >= 0.6 is 0 Å². The van der Waals surface area contributed by atoms with Gasteiger partial charge in [0.25, 0.3) is 0 Å². The maximum Gasteiger partial charge on any atom is 0.302 e. The molecule has 0 N–H and O–H groups in total. The Labute approximate surface area is 203 Å². The standard InChI is InChI=1S/C30H36N2O2/c1-18-27-26(32-28(31-18)20-8-6-5-7-9-20)17-25-23-11-10-21-16-22(34-19(2)33)12-14-29(21,3)24(23)13-15-30(25,27)4/h5-10,22-25H,11-17H2,1-4H3/t22-,23+,24-,25-,29-,30-/m0/s1. The van der Waals surface area contributed by atoms with Gasteiger partial charge in [0.15, 0.2) is 5.82 Å². The van der Waals surface area contributed by atoms with Gasteiger partial charge in [0, 0.05) is 35.9 Å². The summed E-state index contributed by atoms with van der Waals surface area (Å²) in [6, 6.07) is 10.4. The van der Waals surface area contributed by atoms with Crippen LogP contribution in [0.4, 0.5) is 0 Å². The Morgan fingerprint density at radius 1 is 1.00 bits per heavy atom. The smallest absolute Gasteiger partial charge is 0.302 e. The van der Waals surface area contributed by atoms with Gasteiger partial charge in [-0.1, -0.05) is 55.8 Å². The van der Waals surface area contributed by atoms with E-state index in [0.29, 0.717) is 17.8 Å². The van der Waals surface area contributed by atoms with Crippen molar-refractivity contribution in [1.29, 1.82) is 0 Å². The topological polar surface area (TPSA) is 52.1 Å². The molecule has 2 fully saturated rings. The van der Waals surface area contributed by atoms with Crippen LogP contribution in [-0.4, -0.2) is 22.0 Å². The molecule has 0 unspecified atom stereocenters. The molecule has 0 spiro atoms. The first-order valence-corrected chi connectivity index (χ1v) is 13.1. The van der Waals surface area contributed by atoms with Gasteiger partial charge in [-0.2, -0.15) is 0 Å². The number of rotatable bonds is 2. The zero-order valence-electron chi connectivity index (χ0n) is 20.9. The van der Waals surface area contributed by atoms with Crippen molar-refractivity contribution in [1.82, 2.24) is 9.97 Å². The van der Waals surface area contributed by atoms with Gasteiger partial charge in [-0.05, 0) is 74.0 Å². The molecule has 34 heavy (non-hydrogen) atoms. The van der Waals surface area contributed by atoms with E-state index >= 15 is 0 Å². The first-order chi connectivity index (χ1) is 16.3. The first kappa shape index (κ1) is 22.0. The van der Waals surface area contributed by atoms with Crippen molar-refractivity contribution in [2.75, 3.05) is 0 Å². The molecule has 6 rings (SSSR count). The number of nitrogens with zero attached hydrogens (tertiary/aromatic N) is 2. The second-order valence-corrected chi connectivity index (χ2v) is 11.7. The van der Waals surface area contributed by atoms with Crippen molar-refractivity contribution in [2.45, 2.75) is 84.2 Å². The van der Waals surface area contributed by atoms with E-state index in [1.807, 2.05) is 6.07 Å². The van der Waals surface area contributed by atoms with Gasteiger partial charge in [0.2, 0.25) is 0 Å². The van der Waals surface area contributed by atoms with Gasteiger partial charge < -0.3 is 4.74 Å². The van der Waals surface area contributed by atoms with Crippen molar-refractivity contribution in [2.24, 2.45) is 23.2 Å². The van der Waals surface area contributed by atoms with Gasteiger partial charge in [-0.15, -0.1) is 0 Å². The lowest BCUT2D eigenvalue weighted by molar-refractivity contribution is -0.148. The predicted molar refractivity (Wildman–Crippen MR) is 133 cm³/mol. The maximum atomic E-state index is 11.5. The fraction of sp³-hybridized carbons (Fsp3) is 0.567. The third kappa shape index (κ3) is 3.21. The SMILES string of the molecule is CC(=O)O[C@H]1CC[C@@]2(C)C(=CC[C@@H]3[C@@H]2CC[C@]2(C)c4c(C)nc(-c5ccccc5)nc4C[C@@H]32)C1. The Balaban J connectivity index is 1.33. The largest absolute Gasteiger partial charge is 0.462 e. The number of fused-ring (bicyclic) bond motifs is 7. The molecule has 0 radical (unpaired) electrons. The summed E-state index contributed by atoms with van der Waals surface area (Å²) in [7, 11) is 0. The van der Waals surface area contributed by atoms with E-state index in [1.54, 1.807) is 5.57 Å². The molecular formula is C30H36N2O2. The molecule has 4 aliphatic carbocycles. The van der Waals surface area contributed by atoms with Crippen LogP contribution in [0.2, 0.25) is 0 Å². The molecule has 0 aliphatic heterocycles. The van der Waals surface area contributed by atoms with Crippen LogP contribution in [0, 0.1) is 30.1 Å². The Hall–Kier alpha value is -2.49. The summed E-state index contributed by atoms with van der Waals surface area (Å²) in [4.78, 5) is 21.7. The third-order valence-corrected chi connectivity index (χ3v) is 9.96. The fourth-order valence-electron chi connectivity index (χ4n) is 8.42. The molecule has 178 valence electrons. The highest BCUT2D eigenvalue weighted by atomic mass is 16.5. The van der Waals surface area contributed by atoms with E-state index < -0.39 is 0 Å². The summed E-state index contributed by atoms with van der Waals surface area (Å²) in [5.41, 5.74) is 6.97. The van der Waals surface area contributed by atoms with Crippen molar-refractivity contribution in [3.05, 3.63) is 58.9 Å². The summed E-state index contributed by atoms with van der Waals surface area (Å²) in [5.74, 6) is 2.75. The Bertz CT molecular complexity index is 1170. The summed E-state index contributed by atoms with van der Waals surface area (Å²) < 4.78 is 5.61. The summed E-state index contributed by atoms with van der Waals surface area (Å²) in [6.45, 7) is 8.73. The number of carbonyl (C=O) groups is 1. The zero-order valence-corrected chi connectivity index (χ0v) is 20.9. The number of allylic oxidation sites excluding steroid dienone is 1. The number of hydrogen-bond donors (Lipinski definition) is 0. The minimum atomic E-state index is -0.147. The van der Waals surface area contributed by atoms with E-state index in [1.165, 1.54) is 36.7 Å². The van der Waals surface area contributed by atoms with E-state index in [4.69, 9.17) is 14.7 Å². The van der Waals surface area contributed by atoms with E-state index in [-0.39, 0.29) is 22.9 Å². The van der Waals surface area contributed by atoms with Gasteiger partial charge in [0.1, 0.15) is 6.10 Å². The maximum absolute atomic E-state index is 11.5. The number of carbonyl (C=O) groups excluding carboxylic acids is 1. The van der Waals surface area contributed by atoms with Gasteiger partial charge in [-0.3, -0.25) is 4.79 Å². The van der Waals surface area contributed by atoms with Gasteiger partial charge in [-0.25, -0.2) is 9.97 Å². The molecule has 2 aromatic rings. The predicted octanol–water partition coefficient (Wildman–Crippen LogP) is 6.36. The molecule has 0 saturated heterocycles. The molecule has 2 saturated carbocycles. The fourth-order valence-corrected chi connectivity index (χ4v) is 8.42. The Morgan fingerprint density at radius 2 is 1.76 bits per heavy atom. The molecule has 1 aromatic heterocycles. The van der Waals surface area contributed by atoms with Crippen LogP contribution < -0.4 is 0 Å². The number of benzene rings is 1. The second kappa shape index (κ2) is 7.76. The van der Waals surface area contributed by atoms with Crippen LogP contribution in [0.3, 0.4) is 0 Å². The molecule has 1 aromatic carbocycles. The molecule has 4 nitrogen and oxygen atoms in total. The number of hydrogen-bond acceptors (Lipinski definition) is 4. The first-order valence-electron chi connectivity index (χ1n) is 13.1. The second-order valence-electron chi connectivity index (χ2n) is 11.7. The summed E-state index contributed by atoms with van der Waals surface area (Å²) in [6.07, 6.45) is 10.3. The lowest BCUT2D eigenvalue weighted by Crippen LogP contribution is -2.51. The van der Waals surface area contributed by atoms with Gasteiger partial charge >= 0.3 is 5.97 Å². The minimum Gasteiger partial charge on any atom is -0.462 e. The number of ether oxygens (including phenoxy) is 1. The number of aromatic nitrogens is 2. The van der Waals surface area contributed by atoms with E-state index in [2.05, 4.69) is 51.1 Å². The number of esters is 1. The lowest BCUT2D eigenvalue weighted by atomic mass is 9.47. The summed E-state index contributed by atoms with van der Waals surface area (Å²) in [5, 5.41) is 0. The highest BCUT2D eigenvalue weighted by Gasteiger charge is 2.58. The van der Waals surface area contributed by atoms with Crippen LogP contribution in [0.25, 0.3) is 11.4 Å². The number of aryl methyl sites for hydroxylation is 1. The zero-order chi connectivity index (χ0) is 23.7. The quantitative estimate of drug-likeness (QED) is 0.390. The normalized spacial score (nSPS) is 35.9. The van der Waals surface area contributed by atoms with Crippen LogP contribution in [-0.2, 0) is 21.4 Å². The van der Waals surface area contributed by atoms with Crippen LogP contribution in [0.5, 0.6) is 0 Å². The highest BCUT2D eigenvalue weighted by molar-refractivity contribution is 5.66. The molecular weight excluding hydrogens is 420 g/mol. The minimum absolute atomic E-state index is 0.0623. The molecule has 4 heteroatoms. The van der Waals surface area contributed by atoms with E-state index in [0.717, 1.165) is 43.5 Å². The molecule has 4 aliphatic rings. The monoisotopic (exact) mass is 456 g/mol. The van der Waals surface area contributed by atoms with Gasteiger partial charge in [0.05, 0.1) is 0 Å². The molecule has 1 heterocycles. The average Bonchev–Trinajstić information content (AvgIpc) is 3.12.